The minimum atomic E-state index is -3.59. The van der Waals surface area contributed by atoms with E-state index in [0.717, 1.165) is 5.56 Å². The molecule has 0 aromatic heterocycles. The van der Waals surface area contributed by atoms with E-state index in [1.807, 2.05) is 13.8 Å². The molecule has 1 rings (SSSR count). The quantitative estimate of drug-likeness (QED) is 0.714. The van der Waals surface area contributed by atoms with Crippen molar-refractivity contribution in [2.75, 3.05) is 20.3 Å². The van der Waals surface area contributed by atoms with Crippen LogP contribution in [0.25, 0.3) is 0 Å². The molecule has 0 bridgehead atoms. The summed E-state index contributed by atoms with van der Waals surface area (Å²) in [7, 11) is -2.07. The van der Waals surface area contributed by atoms with Gasteiger partial charge in [-0.25, -0.2) is 13.1 Å². The van der Waals surface area contributed by atoms with Crippen molar-refractivity contribution in [3.8, 4) is 0 Å². The maximum absolute atomic E-state index is 12.3. The Morgan fingerprint density at radius 2 is 2.00 bits per heavy atom. The average Bonchev–Trinajstić information content (AvgIpc) is 2.39. The van der Waals surface area contributed by atoms with Crippen LogP contribution in [0.4, 0.5) is 0 Å². The minimum absolute atomic E-state index is 0.214. The smallest absolute Gasteiger partial charge is 0.240 e. The molecule has 0 radical (unpaired) electrons. The maximum atomic E-state index is 12.3. The molecule has 2 N–H and O–H groups in total. The molecule has 1 aromatic rings. The largest absolute Gasteiger partial charge is 0.383 e. The molecule has 0 amide bonds. The maximum Gasteiger partial charge on any atom is 0.240 e. The Labute approximate surface area is 132 Å². The van der Waals surface area contributed by atoms with E-state index in [4.69, 9.17) is 16.3 Å². The predicted octanol–water partition coefficient (Wildman–Crippen LogP) is 2.07. The van der Waals surface area contributed by atoms with Crippen molar-refractivity contribution in [3.05, 3.63) is 28.3 Å². The molecule has 21 heavy (non-hydrogen) atoms. The summed E-state index contributed by atoms with van der Waals surface area (Å²) in [6.45, 7) is 6.97. The monoisotopic (exact) mass is 334 g/mol. The van der Waals surface area contributed by atoms with Crippen LogP contribution < -0.4 is 10.0 Å². The SMILES string of the molecule is COCCNS(=O)(=O)c1cc(Cl)cc(CNC(C)C)c1C. The van der Waals surface area contributed by atoms with Crippen LogP contribution in [-0.4, -0.2) is 34.7 Å². The predicted molar refractivity (Wildman–Crippen MR) is 85.2 cm³/mol. The van der Waals surface area contributed by atoms with Gasteiger partial charge in [-0.3, -0.25) is 0 Å². The van der Waals surface area contributed by atoms with Crippen LogP contribution >= 0.6 is 11.6 Å². The second-order valence-electron chi connectivity index (χ2n) is 5.11. The van der Waals surface area contributed by atoms with E-state index in [-0.39, 0.29) is 11.4 Å². The molecule has 0 aliphatic heterocycles. The summed E-state index contributed by atoms with van der Waals surface area (Å²) in [5, 5.41) is 3.68. The third-order valence-corrected chi connectivity index (χ3v) is 4.83. The lowest BCUT2D eigenvalue weighted by atomic mass is 10.1. The summed E-state index contributed by atoms with van der Waals surface area (Å²) in [5.41, 5.74) is 1.58. The molecule has 5 nitrogen and oxygen atoms in total. The van der Waals surface area contributed by atoms with Gasteiger partial charge in [0.1, 0.15) is 0 Å². The van der Waals surface area contributed by atoms with Crippen molar-refractivity contribution in [3.63, 3.8) is 0 Å². The first kappa shape index (κ1) is 18.4. The number of benzene rings is 1. The van der Waals surface area contributed by atoms with Crippen molar-refractivity contribution in [2.24, 2.45) is 0 Å². The number of hydrogen-bond donors (Lipinski definition) is 2. The minimum Gasteiger partial charge on any atom is -0.383 e. The highest BCUT2D eigenvalue weighted by Gasteiger charge is 2.19. The van der Waals surface area contributed by atoms with Crippen LogP contribution in [0.2, 0.25) is 5.02 Å². The van der Waals surface area contributed by atoms with Gasteiger partial charge in [0.25, 0.3) is 0 Å². The first-order valence-corrected chi connectivity index (χ1v) is 8.65. The summed E-state index contributed by atoms with van der Waals surface area (Å²) < 4.78 is 32.0. The van der Waals surface area contributed by atoms with Gasteiger partial charge in [0.2, 0.25) is 10.0 Å². The fourth-order valence-corrected chi connectivity index (χ4v) is 3.47. The Morgan fingerprint density at radius 1 is 1.33 bits per heavy atom. The van der Waals surface area contributed by atoms with Crippen molar-refractivity contribution in [1.29, 1.82) is 0 Å². The molecule has 0 fully saturated rings. The summed E-state index contributed by atoms with van der Waals surface area (Å²) in [4.78, 5) is 0.214. The lowest BCUT2D eigenvalue weighted by molar-refractivity contribution is 0.204. The van der Waals surface area contributed by atoms with Crippen LogP contribution in [0.1, 0.15) is 25.0 Å². The zero-order valence-corrected chi connectivity index (χ0v) is 14.4. The summed E-state index contributed by atoms with van der Waals surface area (Å²) in [6, 6.07) is 3.58. The fourth-order valence-electron chi connectivity index (χ4n) is 1.84. The molecule has 120 valence electrons. The molecule has 0 aliphatic carbocycles. The normalized spacial score (nSPS) is 12.1. The Kier molecular flexibility index (Phi) is 7.09. The van der Waals surface area contributed by atoms with E-state index in [0.29, 0.717) is 29.8 Å². The van der Waals surface area contributed by atoms with Gasteiger partial charge in [0.15, 0.2) is 0 Å². The Balaban J connectivity index is 3.06. The molecule has 0 saturated heterocycles. The number of halogens is 1. The second-order valence-corrected chi connectivity index (χ2v) is 7.29. The first-order chi connectivity index (χ1) is 9.77. The van der Waals surface area contributed by atoms with E-state index in [2.05, 4.69) is 10.0 Å². The van der Waals surface area contributed by atoms with Gasteiger partial charge in [-0.05, 0) is 30.2 Å². The number of rotatable bonds is 8. The van der Waals surface area contributed by atoms with Gasteiger partial charge < -0.3 is 10.1 Å². The molecule has 7 heteroatoms. The van der Waals surface area contributed by atoms with Gasteiger partial charge in [0, 0.05) is 31.3 Å². The topological polar surface area (TPSA) is 67.4 Å². The van der Waals surface area contributed by atoms with Gasteiger partial charge in [-0.2, -0.15) is 0 Å². The zero-order valence-electron chi connectivity index (χ0n) is 12.9. The van der Waals surface area contributed by atoms with Crippen molar-refractivity contribution in [1.82, 2.24) is 10.0 Å². The number of ether oxygens (including phenoxy) is 1. The highest BCUT2D eigenvalue weighted by Crippen LogP contribution is 2.24. The summed E-state index contributed by atoms with van der Waals surface area (Å²) in [5.74, 6) is 0. The number of hydrogen-bond acceptors (Lipinski definition) is 4. The molecule has 0 atom stereocenters. The van der Waals surface area contributed by atoms with Crippen LogP contribution in [0, 0.1) is 6.92 Å². The Hall–Kier alpha value is -0.660. The van der Waals surface area contributed by atoms with Crippen molar-refractivity contribution < 1.29 is 13.2 Å². The van der Waals surface area contributed by atoms with E-state index >= 15 is 0 Å². The lowest BCUT2D eigenvalue weighted by Gasteiger charge is -2.15. The zero-order chi connectivity index (χ0) is 16.0. The molecule has 0 saturated carbocycles. The number of nitrogens with one attached hydrogen (secondary N) is 2. The number of methoxy groups -OCH3 is 1. The molecule has 1 aromatic carbocycles. The van der Waals surface area contributed by atoms with E-state index < -0.39 is 10.0 Å². The molecule has 0 aliphatic rings. The molecular formula is C14H23ClN2O3S. The lowest BCUT2D eigenvalue weighted by Crippen LogP contribution is -2.28. The highest BCUT2D eigenvalue weighted by molar-refractivity contribution is 7.89. The van der Waals surface area contributed by atoms with Crippen LogP contribution in [0.5, 0.6) is 0 Å². The second kappa shape index (κ2) is 8.10. The third-order valence-electron chi connectivity index (χ3n) is 3.02. The Morgan fingerprint density at radius 3 is 2.57 bits per heavy atom. The Bertz CT molecular complexity index is 574. The summed E-state index contributed by atoms with van der Waals surface area (Å²) >= 11 is 6.06. The standard InChI is InChI=1S/C14H23ClN2O3S/c1-10(2)16-9-12-7-13(15)8-14(11(12)3)21(18,19)17-5-6-20-4/h7-8,10,16-17H,5-6,9H2,1-4H3. The highest BCUT2D eigenvalue weighted by atomic mass is 35.5. The molecule has 0 spiro atoms. The van der Waals surface area contributed by atoms with Crippen molar-refractivity contribution in [2.45, 2.75) is 38.3 Å². The third kappa shape index (κ3) is 5.56. The van der Waals surface area contributed by atoms with Gasteiger partial charge in [-0.1, -0.05) is 25.4 Å². The van der Waals surface area contributed by atoms with Gasteiger partial charge in [0.05, 0.1) is 11.5 Å². The molecule has 0 unspecified atom stereocenters. The van der Waals surface area contributed by atoms with Crippen LogP contribution in [0.15, 0.2) is 17.0 Å². The van der Waals surface area contributed by atoms with E-state index in [1.54, 1.807) is 13.0 Å². The van der Waals surface area contributed by atoms with Gasteiger partial charge in [-0.15, -0.1) is 0 Å². The van der Waals surface area contributed by atoms with E-state index in [9.17, 15) is 8.42 Å². The first-order valence-electron chi connectivity index (χ1n) is 6.79. The molecule has 0 heterocycles. The van der Waals surface area contributed by atoms with Crippen molar-refractivity contribution >= 4 is 21.6 Å². The summed E-state index contributed by atoms with van der Waals surface area (Å²) in [6.07, 6.45) is 0. The average molecular weight is 335 g/mol. The van der Waals surface area contributed by atoms with Gasteiger partial charge >= 0.3 is 0 Å². The number of sulfonamides is 1. The fraction of sp³-hybridized carbons (Fsp3) is 0.571. The van der Waals surface area contributed by atoms with Crippen LogP contribution in [-0.2, 0) is 21.3 Å². The molecular weight excluding hydrogens is 312 g/mol. The van der Waals surface area contributed by atoms with Crippen LogP contribution in [0.3, 0.4) is 0 Å². The van der Waals surface area contributed by atoms with E-state index in [1.165, 1.54) is 13.2 Å².